The highest BCUT2D eigenvalue weighted by atomic mass is 32.2. The van der Waals surface area contributed by atoms with Crippen LogP contribution in [0.1, 0.15) is 112 Å². The van der Waals surface area contributed by atoms with E-state index in [1.807, 2.05) is 14.1 Å². The second-order valence-electron chi connectivity index (χ2n) is 16.5. The summed E-state index contributed by atoms with van der Waals surface area (Å²) in [6, 6.07) is 0. The Morgan fingerprint density at radius 2 is 1.76 bits per heavy atom. The molecule has 0 radical (unpaired) electrons. The van der Waals surface area contributed by atoms with Gasteiger partial charge in [-0.1, -0.05) is 65.5 Å². The van der Waals surface area contributed by atoms with Gasteiger partial charge in [0.05, 0.1) is 39.5 Å². The Labute approximate surface area is 258 Å². The highest BCUT2D eigenvalue weighted by Crippen LogP contribution is 2.67. The quantitative estimate of drug-likeness (QED) is 0.133. The van der Waals surface area contributed by atoms with Crippen LogP contribution < -0.4 is 5.32 Å². The van der Waals surface area contributed by atoms with E-state index in [1.54, 1.807) is 5.57 Å². The molecule has 0 aromatic carbocycles. The van der Waals surface area contributed by atoms with Crippen LogP contribution in [0, 0.1) is 52.3 Å². The number of quaternary nitrogens is 1. The van der Waals surface area contributed by atoms with Crippen LogP contribution in [0.2, 0.25) is 0 Å². The molecule has 0 saturated heterocycles. The van der Waals surface area contributed by atoms with E-state index in [0.717, 1.165) is 61.3 Å². The zero-order chi connectivity index (χ0) is 30.9. The highest BCUT2D eigenvalue weighted by molar-refractivity contribution is 7.85. The molecule has 4 aliphatic rings. The van der Waals surface area contributed by atoms with E-state index in [1.165, 1.54) is 51.4 Å². The van der Waals surface area contributed by atoms with Gasteiger partial charge in [-0.15, -0.1) is 0 Å². The average Bonchev–Trinajstić information content (AvgIpc) is 3.24. The zero-order valence-electron chi connectivity index (χ0n) is 28.0. The summed E-state index contributed by atoms with van der Waals surface area (Å²) < 4.78 is 31.7. The van der Waals surface area contributed by atoms with Gasteiger partial charge in [0.15, 0.2) is 0 Å². The Balaban J connectivity index is 1.31. The van der Waals surface area contributed by atoms with Crippen molar-refractivity contribution < 1.29 is 22.2 Å². The number of fused-ring (bicyclic) bond motifs is 5. The van der Waals surface area contributed by atoms with Gasteiger partial charge in [0.1, 0.15) is 0 Å². The summed E-state index contributed by atoms with van der Waals surface area (Å²) in [6.07, 6.45) is 17.0. The molecule has 0 heterocycles. The van der Waals surface area contributed by atoms with Crippen molar-refractivity contribution in [1.82, 2.24) is 5.32 Å². The first-order valence-corrected chi connectivity index (χ1v) is 18.9. The van der Waals surface area contributed by atoms with Gasteiger partial charge in [0.25, 0.3) is 10.1 Å². The minimum absolute atomic E-state index is 0.0624. The molecular formula is C35H63N2O4S+. The number of carbonyl (C=O) groups excluding carboxylic acids is 1. The molecule has 4 aliphatic carbocycles. The SMILES string of the molecule is CC(C)CCCC(C)C1CCC2C3CC=C4CC(C(=O)NCC[N+](C)(C)CCCS(=O)(=O)O)CCC4(C)C3CCC12C. The number of amides is 1. The molecule has 0 aromatic heterocycles. The monoisotopic (exact) mass is 607 g/mol. The maximum Gasteiger partial charge on any atom is 0.265 e. The second-order valence-corrected chi connectivity index (χ2v) is 18.1. The van der Waals surface area contributed by atoms with Crippen LogP contribution in [0.25, 0.3) is 0 Å². The Bertz CT molecular complexity index is 1080. The van der Waals surface area contributed by atoms with Crippen LogP contribution in [0.4, 0.5) is 0 Å². The fourth-order valence-corrected chi connectivity index (χ4v) is 10.8. The Hall–Kier alpha value is -0.920. The molecule has 0 bridgehead atoms. The van der Waals surface area contributed by atoms with Gasteiger partial charge in [-0.25, -0.2) is 0 Å². The first-order valence-electron chi connectivity index (χ1n) is 17.3. The molecule has 3 saturated carbocycles. The van der Waals surface area contributed by atoms with Gasteiger partial charge in [0, 0.05) is 12.3 Å². The van der Waals surface area contributed by atoms with Crippen molar-refractivity contribution in [2.45, 2.75) is 112 Å². The molecule has 3 fully saturated rings. The van der Waals surface area contributed by atoms with Gasteiger partial charge in [-0.05, 0) is 97.7 Å². The van der Waals surface area contributed by atoms with Gasteiger partial charge < -0.3 is 9.80 Å². The van der Waals surface area contributed by atoms with Gasteiger partial charge in [-0.2, -0.15) is 8.42 Å². The molecule has 0 spiro atoms. The lowest BCUT2D eigenvalue weighted by molar-refractivity contribution is -0.889. The lowest BCUT2D eigenvalue weighted by Gasteiger charge is -2.58. The first kappa shape index (κ1) is 34.0. The summed E-state index contributed by atoms with van der Waals surface area (Å²) >= 11 is 0. The summed E-state index contributed by atoms with van der Waals surface area (Å²) in [7, 11) is 0.163. The second kappa shape index (κ2) is 13.2. The molecule has 242 valence electrons. The van der Waals surface area contributed by atoms with Crippen LogP contribution >= 0.6 is 0 Å². The number of hydrogen-bond acceptors (Lipinski definition) is 3. The van der Waals surface area contributed by atoms with E-state index in [9.17, 15) is 13.2 Å². The molecule has 4 rings (SSSR count). The summed E-state index contributed by atoms with van der Waals surface area (Å²) in [5.74, 6) is 5.03. The van der Waals surface area contributed by atoms with Gasteiger partial charge in [0.2, 0.25) is 5.91 Å². The third-order valence-electron chi connectivity index (χ3n) is 12.9. The Morgan fingerprint density at radius 3 is 2.45 bits per heavy atom. The molecule has 8 unspecified atom stereocenters. The third kappa shape index (κ3) is 7.65. The Morgan fingerprint density at radius 1 is 1.02 bits per heavy atom. The molecule has 6 nitrogen and oxygen atoms in total. The number of nitrogens with one attached hydrogen (secondary N) is 1. The molecule has 0 aromatic rings. The van der Waals surface area contributed by atoms with E-state index in [0.29, 0.717) is 29.4 Å². The number of rotatable bonds is 13. The van der Waals surface area contributed by atoms with Crippen molar-refractivity contribution in [2.24, 2.45) is 52.3 Å². The van der Waals surface area contributed by atoms with E-state index in [2.05, 4.69) is 46.0 Å². The summed E-state index contributed by atoms with van der Waals surface area (Å²) in [6.45, 7) is 14.5. The summed E-state index contributed by atoms with van der Waals surface area (Å²) in [5.41, 5.74) is 2.33. The van der Waals surface area contributed by atoms with Crippen LogP contribution in [0.5, 0.6) is 0 Å². The van der Waals surface area contributed by atoms with Crippen LogP contribution in [-0.4, -0.2) is 62.8 Å². The molecular weight excluding hydrogens is 544 g/mol. The predicted octanol–water partition coefficient (Wildman–Crippen LogP) is 7.11. The molecule has 8 atom stereocenters. The normalized spacial score (nSPS) is 35.6. The lowest BCUT2D eigenvalue weighted by atomic mass is 9.46. The third-order valence-corrected chi connectivity index (χ3v) is 13.7. The topological polar surface area (TPSA) is 83.5 Å². The standard InChI is InChI=1S/C35H62N2O4S/c1-25(2)10-8-11-26(3)30-14-15-31-29-13-12-28-24-27(16-18-34(28,4)32(29)17-19-35(30,31)5)33(38)36-20-22-37(6,7)21-9-23-42(39,40)41/h12,25-27,29-32H,8-11,13-24H2,1-7H3,(H-,36,38,39,40,41)/p+1. The molecule has 1 amide bonds. The molecule has 7 heteroatoms. The van der Waals surface area contributed by atoms with E-state index in [4.69, 9.17) is 4.55 Å². The number of likely N-dealkylation sites (N-methyl/N-ethyl adjacent to an activating group) is 1. The minimum Gasteiger partial charge on any atom is -0.350 e. The summed E-state index contributed by atoms with van der Waals surface area (Å²) in [5, 5.41) is 3.20. The van der Waals surface area contributed by atoms with Gasteiger partial charge >= 0.3 is 0 Å². The van der Waals surface area contributed by atoms with Gasteiger partial charge in [-0.3, -0.25) is 9.35 Å². The Kier molecular flexibility index (Phi) is 10.7. The lowest BCUT2D eigenvalue weighted by Crippen LogP contribution is -2.51. The van der Waals surface area contributed by atoms with E-state index < -0.39 is 10.1 Å². The number of carbonyl (C=O) groups is 1. The van der Waals surface area contributed by atoms with E-state index >= 15 is 0 Å². The van der Waals surface area contributed by atoms with Crippen molar-refractivity contribution in [3.8, 4) is 0 Å². The molecule has 2 N–H and O–H groups in total. The van der Waals surface area contributed by atoms with E-state index in [-0.39, 0.29) is 23.0 Å². The van der Waals surface area contributed by atoms with Crippen molar-refractivity contribution in [1.29, 1.82) is 0 Å². The molecule has 42 heavy (non-hydrogen) atoms. The highest BCUT2D eigenvalue weighted by Gasteiger charge is 2.59. The maximum absolute atomic E-state index is 13.2. The van der Waals surface area contributed by atoms with Crippen molar-refractivity contribution in [3.05, 3.63) is 11.6 Å². The van der Waals surface area contributed by atoms with Crippen LogP contribution in [-0.2, 0) is 14.9 Å². The predicted molar refractivity (Wildman–Crippen MR) is 172 cm³/mol. The van der Waals surface area contributed by atoms with Crippen molar-refractivity contribution >= 4 is 16.0 Å². The maximum atomic E-state index is 13.2. The largest absolute Gasteiger partial charge is 0.350 e. The number of allylic oxidation sites excluding steroid dienone is 2. The minimum atomic E-state index is -3.92. The number of hydrogen-bond donors (Lipinski definition) is 2. The molecule has 0 aliphatic heterocycles. The zero-order valence-corrected chi connectivity index (χ0v) is 28.8. The van der Waals surface area contributed by atoms with Crippen LogP contribution in [0.3, 0.4) is 0 Å². The number of nitrogens with zero attached hydrogens (tertiary/aromatic N) is 1. The van der Waals surface area contributed by atoms with Crippen molar-refractivity contribution in [3.63, 3.8) is 0 Å². The van der Waals surface area contributed by atoms with Crippen molar-refractivity contribution in [2.75, 3.05) is 39.5 Å². The fourth-order valence-electron chi connectivity index (χ4n) is 10.3. The average molecular weight is 608 g/mol. The first-order chi connectivity index (χ1) is 19.6. The fraction of sp³-hybridized carbons (Fsp3) is 0.914. The smallest absolute Gasteiger partial charge is 0.265 e. The van der Waals surface area contributed by atoms with Crippen LogP contribution in [0.15, 0.2) is 11.6 Å². The summed E-state index contributed by atoms with van der Waals surface area (Å²) in [4.78, 5) is 13.2.